The Morgan fingerprint density at radius 3 is 2.27 bits per heavy atom. The predicted molar refractivity (Wildman–Crippen MR) is 118 cm³/mol. The third-order valence-corrected chi connectivity index (χ3v) is 5.12. The lowest BCUT2D eigenvalue weighted by molar-refractivity contribution is -0.215. The zero-order valence-corrected chi connectivity index (χ0v) is 18.1. The van der Waals surface area contributed by atoms with E-state index < -0.39 is 11.6 Å². The number of ether oxygens (including phenoxy) is 1. The molecule has 0 aliphatic rings. The summed E-state index contributed by atoms with van der Waals surface area (Å²) in [5.74, 6) is -0.515. The van der Waals surface area contributed by atoms with Gasteiger partial charge >= 0.3 is 5.97 Å². The quantitative estimate of drug-likeness (QED) is 0.256. The Morgan fingerprint density at radius 2 is 1.63 bits per heavy atom. The number of carbonyl (C=O) groups is 2. The molecule has 0 amide bonds. The summed E-state index contributed by atoms with van der Waals surface area (Å²) in [6.07, 6.45) is 5.77. The largest absolute Gasteiger partial charge is 0.365 e. The van der Waals surface area contributed by atoms with Gasteiger partial charge in [0.15, 0.2) is 5.60 Å². The highest BCUT2D eigenvalue weighted by Gasteiger charge is 2.39. The molecule has 30 heavy (non-hydrogen) atoms. The van der Waals surface area contributed by atoms with Crippen LogP contribution in [0.1, 0.15) is 50.7 Å². The lowest BCUT2D eigenvalue weighted by Gasteiger charge is -2.30. The van der Waals surface area contributed by atoms with Crippen LogP contribution in [0.5, 0.6) is 0 Å². The summed E-state index contributed by atoms with van der Waals surface area (Å²) in [7, 11) is 0. The average molecular weight is 412 g/mol. The number of hydroxylamine groups is 2. The number of carbonyl (C=O) groups excluding carboxylic acids is 2. The minimum absolute atomic E-state index is 0.180. The third kappa shape index (κ3) is 7.39. The summed E-state index contributed by atoms with van der Waals surface area (Å²) in [5, 5.41) is 1.73. The molecule has 0 fully saturated rings. The van der Waals surface area contributed by atoms with Crippen LogP contribution in [0.3, 0.4) is 0 Å². The number of hydrogen-bond acceptors (Lipinski definition) is 5. The van der Waals surface area contributed by atoms with Crippen molar-refractivity contribution in [1.29, 1.82) is 0 Å². The molecule has 2 rings (SSSR count). The molecule has 0 radical (unpaired) electrons. The van der Waals surface area contributed by atoms with Crippen LogP contribution in [-0.4, -0.2) is 37.0 Å². The van der Waals surface area contributed by atoms with Gasteiger partial charge in [-0.15, -0.1) is 5.06 Å². The molecule has 0 spiro atoms. The van der Waals surface area contributed by atoms with Crippen LogP contribution < -0.4 is 0 Å². The van der Waals surface area contributed by atoms with Crippen LogP contribution in [0.15, 0.2) is 60.7 Å². The monoisotopic (exact) mass is 411 g/mol. The molecule has 5 heteroatoms. The highest BCUT2D eigenvalue weighted by Crippen LogP contribution is 2.27. The van der Waals surface area contributed by atoms with E-state index in [2.05, 4.69) is 19.1 Å². The van der Waals surface area contributed by atoms with Crippen molar-refractivity contribution in [3.05, 3.63) is 71.8 Å². The molecule has 0 aromatic heterocycles. The number of aldehydes is 1. The van der Waals surface area contributed by atoms with Crippen molar-refractivity contribution in [2.45, 2.75) is 51.6 Å². The lowest BCUT2D eigenvalue weighted by Crippen LogP contribution is -2.42. The second-order valence-electron chi connectivity index (χ2n) is 7.48. The molecule has 0 saturated heterocycles. The van der Waals surface area contributed by atoms with Crippen LogP contribution in [0.4, 0.5) is 0 Å². The summed E-state index contributed by atoms with van der Waals surface area (Å²) < 4.78 is 5.66. The topological polar surface area (TPSA) is 55.8 Å². The summed E-state index contributed by atoms with van der Waals surface area (Å²) in [4.78, 5) is 29.9. The van der Waals surface area contributed by atoms with E-state index in [-0.39, 0.29) is 6.61 Å². The van der Waals surface area contributed by atoms with E-state index in [1.807, 2.05) is 48.5 Å². The Labute approximate surface area is 179 Å². The van der Waals surface area contributed by atoms with Gasteiger partial charge in [0.05, 0.1) is 0 Å². The van der Waals surface area contributed by atoms with E-state index in [0.29, 0.717) is 24.9 Å². The van der Waals surface area contributed by atoms with Gasteiger partial charge in [-0.05, 0) is 30.9 Å². The first kappa shape index (κ1) is 23.8. The van der Waals surface area contributed by atoms with Crippen LogP contribution in [0.2, 0.25) is 0 Å². The maximum absolute atomic E-state index is 13.2. The van der Waals surface area contributed by atoms with Crippen LogP contribution >= 0.6 is 0 Å². The van der Waals surface area contributed by atoms with Crippen molar-refractivity contribution in [2.75, 3.05) is 19.7 Å². The molecule has 0 aliphatic heterocycles. The molecule has 2 aromatic carbocycles. The van der Waals surface area contributed by atoms with Gasteiger partial charge < -0.3 is 14.4 Å². The molecule has 1 atom stereocenters. The van der Waals surface area contributed by atoms with Crippen molar-refractivity contribution in [3.8, 4) is 0 Å². The van der Waals surface area contributed by atoms with Gasteiger partial charge in [-0.25, -0.2) is 4.79 Å². The van der Waals surface area contributed by atoms with E-state index in [0.717, 1.165) is 32.1 Å². The second kappa shape index (κ2) is 12.9. The fourth-order valence-electron chi connectivity index (χ4n) is 3.24. The maximum Gasteiger partial charge on any atom is 0.361 e. The van der Waals surface area contributed by atoms with Crippen LogP contribution in [0, 0.1) is 0 Å². The average Bonchev–Trinajstić information content (AvgIpc) is 2.79. The molecular weight excluding hydrogens is 378 g/mol. The third-order valence-electron chi connectivity index (χ3n) is 5.12. The normalized spacial score (nSPS) is 13.0. The van der Waals surface area contributed by atoms with E-state index in [1.54, 1.807) is 12.0 Å². The Kier molecular flexibility index (Phi) is 10.3. The molecule has 5 nitrogen and oxygen atoms in total. The molecule has 0 saturated carbocycles. The zero-order valence-electron chi connectivity index (χ0n) is 18.1. The number of nitrogens with zero attached hydrogens (tertiary/aromatic N) is 1. The fraction of sp³-hybridized carbons (Fsp3) is 0.440. The minimum atomic E-state index is -1.35. The second-order valence-corrected chi connectivity index (χ2v) is 7.48. The van der Waals surface area contributed by atoms with Crippen molar-refractivity contribution >= 4 is 12.3 Å². The Morgan fingerprint density at radius 1 is 0.967 bits per heavy atom. The Bertz CT molecular complexity index is 750. The molecule has 0 bridgehead atoms. The first-order valence-electron chi connectivity index (χ1n) is 10.7. The molecule has 0 heterocycles. The minimum Gasteiger partial charge on any atom is -0.365 e. The molecule has 0 N–H and O–H groups in total. The summed E-state index contributed by atoms with van der Waals surface area (Å²) >= 11 is 0. The number of hydrogen-bond donors (Lipinski definition) is 0. The van der Waals surface area contributed by atoms with E-state index in [4.69, 9.17) is 9.57 Å². The van der Waals surface area contributed by atoms with Gasteiger partial charge in [-0.2, -0.15) is 0 Å². The molecule has 0 aliphatic carbocycles. The first-order valence-corrected chi connectivity index (χ1v) is 10.7. The van der Waals surface area contributed by atoms with Crippen molar-refractivity contribution < 1.29 is 19.2 Å². The highest BCUT2D eigenvalue weighted by molar-refractivity contribution is 5.81. The number of unbranched alkanes of at least 4 members (excludes halogenated alkanes) is 3. The maximum atomic E-state index is 13.2. The molecule has 2 aromatic rings. The van der Waals surface area contributed by atoms with Gasteiger partial charge in [0, 0.05) is 13.1 Å². The van der Waals surface area contributed by atoms with Crippen LogP contribution in [0.25, 0.3) is 0 Å². The summed E-state index contributed by atoms with van der Waals surface area (Å²) in [6.45, 7) is 4.90. The SMILES string of the molecule is CCCCCCN(CCc1ccccc1)OC(=O)C(C)(OCC=O)c1ccccc1. The van der Waals surface area contributed by atoms with Gasteiger partial charge in [0.2, 0.25) is 0 Å². The Balaban J connectivity index is 2.10. The smallest absolute Gasteiger partial charge is 0.361 e. The van der Waals surface area contributed by atoms with Gasteiger partial charge in [-0.1, -0.05) is 86.8 Å². The number of rotatable bonds is 14. The lowest BCUT2D eigenvalue weighted by atomic mass is 9.96. The van der Waals surface area contributed by atoms with Crippen molar-refractivity contribution in [1.82, 2.24) is 5.06 Å². The fourth-order valence-corrected chi connectivity index (χ4v) is 3.24. The van der Waals surface area contributed by atoms with Crippen LogP contribution in [-0.2, 0) is 31.2 Å². The summed E-state index contributed by atoms with van der Waals surface area (Å²) in [5.41, 5.74) is 0.498. The van der Waals surface area contributed by atoms with E-state index >= 15 is 0 Å². The zero-order chi connectivity index (χ0) is 21.7. The summed E-state index contributed by atoms with van der Waals surface area (Å²) in [6, 6.07) is 19.3. The van der Waals surface area contributed by atoms with E-state index in [1.165, 1.54) is 5.56 Å². The first-order chi connectivity index (χ1) is 14.6. The predicted octanol–water partition coefficient (Wildman–Crippen LogP) is 4.70. The standard InChI is InChI=1S/C25H33NO4/c1-3-4-5-12-18-26(19-17-22-13-8-6-9-14-22)30-24(28)25(2,29-21-20-27)23-15-10-7-11-16-23/h6-11,13-16,20H,3-5,12,17-19,21H2,1-2H3. The highest BCUT2D eigenvalue weighted by atomic mass is 16.7. The Hall–Kier alpha value is -2.50. The molecular formula is C25H33NO4. The van der Waals surface area contributed by atoms with E-state index in [9.17, 15) is 9.59 Å². The van der Waals surface area contributed by atoms with Gasteiger partial charge in [0.1, 0.15) is 12.9 Å². The molecule has 1 unspecified atom stereocenters. The van der Waals surface area contributed by atoms with Crippen molar-refractivity contribution in [2.24, 2.45) is 0 Å². The van der Waals surface area contributed by atoms with Crippen molar-refractivity contribution in [3.63, 3.8) is 0 Å². The molecule has 162 valence electrons. The van der Waals surface area contributed by atoms with Gasteiger partial charge in [-0.3, -0.25) is 0 Å². The van der Waals surface area contributed by atoms with Gasteiger partial charge in [0.25, 0.3) is 0 Å². The number of benzene rings is 2.